The zero-order valence-electron chi connectivity index (χ0n) is 10.4. The summed E-state index contributed by atoms with van der Waals surface area (Å²) >= 11 is 3.46. The molecule has 0 saturated heterocycles. The van der Waals surface area contributed by atoms with Gasteiger partial charge >= 0.3 is 0 Å². The summed E-state index contributed by atoms with van der Waals surface area (Å²) in [6, 6.07) is 7.80. The van der Waals surface area contributed by atoms with Gasteiger partial charge in [-0.15, -0.1) is 0 Å². The molecule has 0 spiro atoms. The van der Waals surface area contributed by atoms with Gasteiger partial charge < -0.3 is 14.9 Å². The van der Waals surface area contributed by atoms with Crippen molar-refractivity contribution in [3.8, 4) is 5.75 Å². The standard InChI is InChI=1S/C14H16BrNO2/c1-9-5-11(8-18-9)13(16)7-10-6-12(15)3-4-14(10)17-2/h3-6,8,13H,7,16H2,1-2H3. The SMILES string of the molecule is COc1ccc(Br)cc1CC(N)c1coc(C)c1. The largest absolute Gasteiger partial charge is 0.496 e. The van der Waals surface area contributed by atoms with E-state index in [1.807, 2.05) is 31.2 Å². The average Bonchev–Trinajstić information content (AvgIpc) is 2.76. The number of ether oxygens (including phenoxy) is 1. The van der Waals surface area contributed by atoms with Crippen LogP contribution >= 0.6 is 15.9 Å². The number of nitrogens with two attached hydrogens (primary N) is 1. The molecule has 2 aromatic rings. The molecule has 1 aromatic heterocycles. The second-order valence-corrected chi connectivity index (χ2v) is 5.17. The predicted octanol–water partition coefficient (Wildman–Crippen LogP) is 3.60. The number of hydrogen-bond donors (Lipinski definition) is 1. The third-order valence-corrected chi connectivity index (χ3v) is 3.35. The van der Waals surface area contributed by atoms with Gasteiger partial charge in [0.25, 0.3) is 0 Å². The van der Waals surface area contributed by atoms with Gasteiger partial charge in [-0.05, 0) is 43.2 Å². The van der Waals surface area contributed by atoms with Gasteiger partial charge in [-0.2, -0.15) is 0 Å². The van der Waals surface area contributed by atoms with Gasteiger partial charge in [-0.25, -0.2) is 0 Å². The van der Waals surface area contributed by atoms with Gasteiger partial charge in [0.15, 0.2) is 0 Å². The predicted molar refractivity (Wildman–Crippen MR) is 74.8 cm³/mol. The Morgan fingerprint density at radius 3 is 2.78 bits per heavy atom. The first-order chi connectivity index (χ1) is 8.60. The molecule has 0 radical (unpaired) electrons. The summed E-state index contributed by atoms with van der Waals surface area (Å²) in [6.07, 6.45) is 2.42. The Labute approximate surface area is 115 Å². The molecule has 96 valence electrons. The molecular weight excluding hydrogens is 294 g/mol. The first kappa shape index (κ1) is 13.2. The van der Waals surface area contributed by atoms with E-state index in [4.69, 9.17) is 14.9 Å². The summed E-state index contributed by atoms with van der Waals surface area (Å²) in [5, 5.41) is 0. The Bertz CT molecular complexity index is 536. The second kappa shape index (κ2) is 5.59. The Morgan fingerprint density at radius 1 is 1.39 bits per heavy atom. The number of aryl methyl sites for hydroxylation is 1. The lowest BCUT2D eigenvalue weighted by Gasteiger charge is -2.13. The van der Waals surface area contributed by atoms with E-state index in [1.165, 1.54) is 0 Å². The molecule has 1 unspecified atom stereocenters. The molecule has 1 heterocycles. The lowest BCUT2D eigenvalue weighted by atomic mass is 10.0. The lowest BCUT2D eigenvalue weighted by molar-refractivity contribution is 0.408. The van der Waals surface area contributed by atoms with Crippen molar-refractivity contribution in [2.75, 3.05) is 7.11 Å². The third-order valence-electron chi connectivity index (χ3n) is 2.86. The van der Waals surface area contributed by atoms with Crippen LogP contribution < -0.4 is 10.5 Å². The van der Waals surface area contributed by atoms with Crippen molar-refractivity contribution in [3.63, 3.8) is 0 Å². The van der Waals surface area contributed by atoms with Gasteiger partial charge in [0.1, 0.15) is 11.5 Å². The van der Waals surface area contributed by atoms with Crippen molar-refractivity contribution in [1.82, 2.24) is 0 Å². The fourth-order valence-electron chi connectivity index (χ4n) is 1.92. The van der Waals surface area contributed by atoms with Gasteiger partial charge in [0.2, 0.25) is 0 Å². The maximum absolute atomic E-state index is 6.18. The van der Waals surface area contributed by atoms with E-state index in [9.17, 15) is 0 Å². The van der Waals surface area contributed by atoms with Gasteiger partial charge in [0.05, 0.1) is 13.4 Å². The quantitative estimate of drug-likeness (QED) is 0.938. The zero-order valence-corrected chi connectivity index (χ0v) is 12.0. The van der Waals surface area contributed by atoms with Crippen LogP contribution in [-0.2, 0) is 6.42 Å². The minimum absolute atomic E-state index is 0.0920. The maximum Gasteiger partial charge on any atom is 0.122 e. The van der Waals surface area contributed by atoms with E-state index in [1.54, 1.807) is 13.4 Å². The van der Waals surface area contributed by atoms with Crippen LogP contribution in [0.4, 0.5) is 0 Å². The molecule has 2 rings (SSSR count). The summed E-state index contributed by atoms with van der Waals surface area (Å²) in [5.74, 6) is 1.73. The van der Waals surface area contributed by atoms with Gasteiger partial charge in [-0.1, -0.05) is 15.9 Å². The van der Waals surface area contributed by atoms with Crippen molar-refractivity contribution in [1.29, 1.82) is 0 Å². The molecule has 0 fully saturated rings. The Kier molecular flexibility index (Phi) is 4.09. The summed E-state index contributed by atoms with van der Waals surface area (Å²) in [5.41, 5.74) is 8.27. The molecule has 0 aliphatic rings. The smallest absolute Gasteiger partial charge is 0.122 e. The first-order valence-corrected chi connectivity index (χ1v) is 6.52. The third kappa shape index (κ3) is 2.94. The van der Waals surface area contributed by atoms with E-state index >= 15 is 0 Å². The molecule has 4 heteroatoms. The van der Waals surface area contributed by atoms with Crippen molar-refractivity contribution < 1.29 is 9.15 Å². The van der Waals surface area contributed by atoms with E-state index in [0.717, 1.165) is 27.1 Å². The fraction of sp³-hybridized carbons (Fsp3) is 0.286. The molecule has 1 aromatic carbocycles. The van der Waals surface area contributed by atoms with E-state index in [0.29, 0.717) is 6.42 Å². The van der Waals surface area contributed by atoms with E-state index in [-0.39, 0.29) is 6.04 Å². The minimum Gasteiger partial charge on any atom is -0.496 e. The zero-order chi connectivity index (χ0) is 13.1. The van der Waals surface area contributed by atoms with Crippen LogP contribution in [0.1, 0.15) is 22.9 Å². The topological polar surface area (TPSA) is 48.4 Å². The van der Waals surface area contributed by atoms with Crippen molar-refractivity contribution >= 4 is 15.9 Å². The molecule has 1 atom stereocenters. The van der Waals surface area contributed by atoms with E-state index < -0.39 is 0 Å². The molecule has 3 nitrogen and oxygen atoms in total. The van der Waals surface area contributed by atoms with E-state index in [2.05, 4.69) is 15.9 Å². The molecular formula is C14H16BrNO2. The van der Waals surface area contributed by atoms with Crippen molar-refractivity contribution in [2.45, 2.75) is 19.4 Å². The second-order valence-electron chi connectivity index (χ2n) is 4.26. The highest BCUT2D eigenvalue weighted by Crippen LogP contribution is 2.27. The highest BCUT2D eigenvalue weighted by atomic mass is 79.9. The van der Waals surface area contributed by atoms with Crippen LogP contribution in [0.5, 0.6) is 5.75 Å². The van der Waals surface area contributed by atoms with Crippen LogP contribution in [0.2, 0.25) is 0 Å². The molecule has 18 heavy (non-hydrogen) atoms. The normalized spacial score (nSPS) is 12.4. The Morgan fingerprint density at radius 2 is 2.17 bits per heavy atom. The molecule has 0 bridgehead atoms. The van der Waals surface area contributed by atoms with Crippen molar-refractivity contribution in [2.24, 2.45) is 5.73 Å². The maximum atomic E-state index is 6.18. The lowest BCUT2D eigenvalue weighted by Crippen LogP contribution is -2.13. The van der Waals surface area contributed by atoms with Crippen LogP contribution in [0.25, 0.3) is 0 Å². The molecule has 0 aliphatic heterocycles. The summed E-state index contributed by atoms with van der Waals surface area (Å²) < 4.78 is 11.6. The molecule has 0 amide bonds. The summed E-state index contributed by atoms with van der Waals surface area (Å²) in [7, 11) is 1.67. The van der Waals surface area contributed by atoms with Crippen LogP contribution in [-0.4, -0.2) is 7.11 Å². The van der Waals surface area contributed by atoms with Crippen LogP contribution in [0.15, 0.2) is 39.4 Å². The number of furan rings is 1. The van der Waals surface area contributed by atoms with Crippen LogP contribution in [0, 0.1) is 6.92 Å². The van der Waals surface area contributed by atoms with Crippen LogP contribution in [0.3, 0.4) is 0 Å². The molecule has 2 N–H and O–H groups in total. The number of benzene rings is 1. The van der Waals surface area contributed by atoms with Gasteiger partial charge in [-0.3, -0.25) is 0 Å². The monoisotopic (exact) mass is 309 g/mol. The highest BCUT2D eigenvalue weighted by Gasteiger charge is 2.13. The average molecular weight is 310 g/mol. The first-order valence-electron chi connectivity index (χ1n) is 5.73. The number of methoxy groups -OCH3 is 1. The minimum atomic E-state index is -0.0920. The molecule has 0 aliphatic carbocycles. The van der Waals surface area contributed by atoms with Gasteiger partial charge in [0, 0.05) is 16.1 Å². The number of halogens is 1. The Balaban J connectivity index is 2.20. The highest BCUT2D eigenvalue weighted by molar-refractivity contribution is 9.10. The number of rotatable bonds is 4. The van der Waals surface area contributed by atoms with Crippen molar-refractivity contribution in [3.05, 3.63) is 51.9 Å². The number of hydrogen-bond acceptors (Lipinski definition) is 3. The summed E-state index contributed by atoms with van der Waals surface area (Å²) in [6.45, 7) is 1.91. The fourth-order valence-corrected chi connectivity index (χ4v) is 2.33. The molecule has 0 saturated carbocycles. The summed E-state index contributed by atoms with van der Waals surface area (Å²) in [4.78, 5) is 0. The Hall–Kier alpha value is -1.26.